The van der Waals surface area contributed by atoms with Crippen molar-refractivity contribution < 1.29 is 4.79 Å². The molecule has 132 valence electrons. The SMILES string of the molecule is Cc1ccc(NC(=O)c2cc(-c3ccccc3)nc3ccccc23)cc1C. The first-order valence-electron chi connectivity index (χ1n) is 8.95. The first-order chi connectivity index (χ1) is 13.1. The highest BCUT2D eigenvalue weighted by molar-refractivity contribution is 6.13. The summed E-state index contributed by atoms with van der Waals surface area (Å²) in [6.07, 6.45) is 0. The number of nitrogens with zero attached hydrogens (tertiary/aromatic N) is 1. The summed E-state index contributed by atoms with van der Waals surface area (Å²) in [6, 6.07) is 25.5. The van der Waals surface area contributed by atoms with Gasteiger partial charge in [-0.15, -0.1) is 0 Å². The van der Waals surface area contributed by atoms with Crippen LogP contribution in [0.15, 0.2) is 78.9 Å². The van der Waals surface area contributed by atoms with Crippen LogP contribution in [-0.2, 0) is 0 Å². The van der Waals surface area contributed by atoms with Crippen LogP contribution in [-0.4, -0.2) is 10.9 Å². The number of hydrogen-bond donors (Lipinski definition) is 1. The quantitative estimate of drug-likeness (QED) is 0.508. The molecule has 0 atom stereocenters. The maximum absolute atomic E-state index is 13.1. The number of fused-ring (bicyclic) bond motifs is 1. The van der Waals surface area contributed by atoms with Gasteiger partial charge in [0.1, 0.15) is 0 Å². The number of rotatable bonds is 3. The zero-order valence-corrected chi connectivity index (χ0v) is 15.4. The summed E-state index contributed by atoms with van der Waals surface area (Å²) in [6.45, 7) is 4.10. The number of aryl methyl sites for hydroxylation is 2. The Labute approximate surface area is 158 Å². The molecule has 1 aromatic heterocycles. The zero-order valence-electron chi connectivity index (χ0n) is 15.4. The lowest BCUT2D eigenvalue weighted by Crippen LogP contribution is -2.13. The topological polar surface area (TPSA) is 42.0 Å². The second kappa shape index (κ2) is 7.04. The van der Waals surface area contributed by atoms with E-state index in [0.29, 0.717) is 5.56 Å². The number of anilines is 1. The van der Waals surface area contributed by atoms with Crippen molar-refractivity contribution in [2.75, 3.05) is 5.32 Å². The number of pyridine rings is 1. The van der Waals surface area contributed by atoms with Gasteiger partial charge in [-0.1, -0.05) is 54.6 Å². The minimum Gasteiger partial charge on any atom is -0.322 e. The smallest absolute Gasteiger partial charge is 0.256 e. The van der Waals surface area contributed by atoms with Crippen LogP contribution in [0.3, 0.4) is 0 Å². The van der Waals surface area contributed by atoms with Crippen molar-refractivity contribution in [3.05, 3.63) is 95.6 Å². The lowest BCUT2D eigenvalue weighted by atomic mass is 10.0. The van der Waals surface area contributed by atoms with Gasteiger partial charge in [-0.3, -0.25) is 4.79 Å². The molecule has 0 aliphatic heterocycles. The Hall–Kier alpha value is -3.46. The minimum absolute atomic E-state index is 0.131. The Morgan fingerprint density at radius 1 is 0.815 bits per heavy atom. The Morgan fingerprint density at radius 3 is 2.33 bits per heavy atom. The van der Waals surface area contributed by atoms with E-state index in [1.54, 1.807) is 0 Å². The molecule has 0 bridgehead atoms. The van der Waals surface area contributed by atoms with Gasteiger partial charge in [0, 0.05) is 16.6 Å². The molecule has 27 heavy (non-hydrogen) atoms. The fourth-order valence-electron chi connectivity index (χ4n) is 3.14. The number of carbonyl (C=O) groups is 1. The molecule has 0 radical (unpaired) electrons. The number of para-hydroxylation sites is 1. The summed E-state index contributed by atoms with van der Waals surface area (Å²) in [7, 11) is 0. The fraction of sp³-hybridized carbons (Fsp3) is 0.0833. The van der Waals surface area contributed by atoms with Crippen LogP contribution in [0.5, 0.6) is 0 Å². The second-order valence-corrected chi connectivity index (χ2v) is 6.69. The van der Waals surface area contributed by atoms with Crippen molar-refractivity contribution in [3.63, 3.8) is 0 Å². The van der Waals surface area contributed by atoms with Gasteiger partial charge in [0.2, 0.25) is 0 Å². The van der Waals surface area contributed by atoms with Crippen LogP contribution in [0.1, 0.15) is 21.5 Å². The molecule has 1 amide bonds. The van der Waals surface area contributed by atoms with E-state index in [2.05, 4.69) is 12.2 Å². The van der Waals surface area contributed by atoms with E-state index in [1.165, 1.54) is 5.56 Å². The monoisotopic (exact) mass is 352 g/mol. The molecule has 3 aromatic carbocycles. The molecule has 0 saturated heterocycles. The van der Waals surface area contributed by atoms with Gasteiger partial charge in [-0.25, -0.2) is 4.98 Å². The van der Waals surface area contributed by atoms with Gasteiger partial charge in [-0.2, -0.15) is 0 Å². The summed E-state index contributed by atoms with van der Waals surface area (Å²) in [5.74, 6) is -0.131. The first kappa shape index (κ1) is 17.0. The Balaban J connectivity index is 1.79. The molecule has 0 fully saturated rings. The molecule has 0 saturated carbocycles. The zero-order chi connectivity index (χ0) is 18.8. The molecule has 0 unspecified atom stereocenters. The maximum atomic E-state index is 13.1. The summed E-state index contributed by atoms with van der Waals surface area (Å²) in [5, 5.41) is 3.88. The fourth-order valence-corrected chi connectivity index (χ4v) is 3.14. The molecular weight excluding hydrogens is 332 g/mol. The molecule has 0 spiro atoms. The molecule has 3 heteroatoms. The summed E-state index contributed by atoms with van der Waals surface area (Å²) in [4.78, 5) is 17.8. The van der Waals surface area contributed by atoms with Gasteiger partial charge in [0.15, 0.2) is 0 Å². The number of nitrogens with one attached hydrogen (secondary N) is 1. The molecule has 1 heterocycles. The average Bonchev–Trinajstić information content (AvgIpc) is 2.70. The molecule has 0 aliphatic rings. The lowest BCUT2D eigenvalue weighted by Gasteiger charge is -2.11. The predicted octanol–water partition coefficient (Wildman–Crippen LogP) is 5.77. The molecule has 0 aliphatic carbocycles. The van der Waals surface area contributed by atoms with Crippen LogP contribution >= 0.6 is 0 Å². The first-order valence-corrected chi connectivity index (χ1v) is 8.95. The lowest BCUT2D eigenvalue weighted by molar-refractivity contribution is 0.102. The molecule has 3 nitrogen and oxygen atoms in total. The second-order valence-electron chi connectivity index (χ2n) is 6.69. The van der Waals surface area contributed by atoms with E-state index in [4.69, 9.17) is 4.98 Å². The Kier molecular flexibility index (Phi) is 4.43. The van der Waals surface area contributed by atoms with Gasteiger partial charge in [0.25, 0.3) is 5.91 Å². The summed E-state index contributed by atoms with van der Waals surface area (Å²) >= 11 is 0. The van der Waals surface area contributed by atoms with Crippen LogP contribution < -0.4 is 5.32 Å². The highest BCUT2D eigenvalue weighted by atomic mass is 16.1. The highest BCUT2D eigenvalue weighted by Crippen LogP contribution is 2.26. The van der Waals surface area contributed by atoms with E-state index < -0.39 is 0 Å². The molecule has 4 aromatic rings. The van der Waals surface area contributed by atoms with E-state index >= 15 is 0 Å². The third-order valence-corrected chi connectivity index (χ3v) is 4.80. The number of benzene rings is 3. The van der Waals surface area contributed by atoms with E-state index in [9.17, 15) is 4.79 Å². The van der Waals surface area contributed by atoms with Crippen LogP contribution in [0, 0.1) is 13.8 Å². The third kappa shape index (κ3) is 3.44. The van der Waals surface area contributed by atoms with Gasteiger partial charge >= 0.3 is 0 Å². The third-order valence-electron chi connectivity index (χ3n) is 4.80. The predicted molar refractivity (Wildman–Crippen MR) is 111 cm³/mol. The molecular formula is C24H20N2O. The van der Waals surface area contributed by atoms with Crippen molar-refractivity contribution in [3.8, 4) is 11.3 Å². The van der Waals surface area contributed by atoms with Crippen LogP contribution in [0.2, 0.25) is 0 Å². The van der Waals surface area contributed by atoms with E-state index in [1.807, 2.05) is 85.8 Å². The molecule has 4 rings (SSSR count). The van der Waals surface area contributed by atoms with Crippen LogP contribution in [0.4, 0.5) is 5.69 Å². The summed E-state index contributed by atoms with van der Waals surface area (Å²) in [5.41, 5.74) is 6.36. The average molecular weight is 352 g/mol. The van der Waals surface area contributed by atoms with Crippen molar-refractivity contribution in [1.82, 2.24) is 4.98 Å². The number of carbonyl (C=O) groups excluding carboxylic acids is 1. The van der Waals surface area contributed by atoms with Crippen molar-refractivity contribution in [1.29, 1.82) is 0 Å². The molecule has 1 N–H and O–H groups in total. The van der Waals surface area contributed by atoms with Crippen molar-refractivity contribution in [2.24, 2.45) is 0 Å². The minimum atomic E-state index is -0.131. The van der Waals surface area contributed by atoms with Gasteiger partial charge in [0.05, 0.1) is 16.8 Å². The van der Waals surface area contributed by atoms with Crippen LogP contribution in [0.25, 0.3) is 22.2 Å². The number of hydrogen-bond acceptors (Lipinski definition) is 2. The van der Waals surface area contributed by atoms with E-state index in [-0.39, 0.29) is 5.91 Å². The van der Waals surface area contributed by atoms with Gasteiger partial charge in [-0.05, 0) is 49.2 Å². The van der Waals surface area contributed by atoms with Crippen molar-refractivity contribution in [2.45, 2.75) is 13.8 Å². The Morgan fingerprint density at radius 2 is 1.56 bits per heavy atom. The standard InChI is InChI=1S/C24H20N2O/c1-16-12-13-19(14-17(16)2)25-24(27)21-15-23(18-8-4-3-5-9-18)26-22-11-7-6-10-20(21)22/h3-15H,1-2H3,(H,25,27). The normalized spacial score (nSPS) is 10.7. The largest absolute Gasteiger partial charge is 0.322 e. The maximum Gasteiger partial charge on any atom is 0.256 e. The summed E-state index contributed by atoms with van der Waals surface area (Å²) < 4.78 is 0. The number of aromatic nitrogens is 1. The number of amides is 1. The van der Waals surface area contributed by atoms with Crippen molar-refractivity contribution >= 4 is 22.5 Å². The highest BCUT2D eigenvalue weighted by Gasteiger charge is 2.14. The Bertz CT molecular complexity index is 1130. The van der Waals surface area contributed by atoms with E-state index in [0.717, 1.165) is 33.4 Å². The van der Waals surface area contributed by atoms with Gasteiger partial charge < -0.3 is 5.32 Å².